The molecule has 1 saturated heterocycles. The molecule has 17 heavy (non-hydrogen) atoms. The van der Waals surface area contributed by atoms with Gasteiger partial charge in [-0.1, -0.05) is 23.8 Å². The van der Waals surface area contributed by atoms with Gasteiger partial charge in [0.15, 0.2) is 0 Å². The van der Waals surface area contributed by atoms with Crippen molar-refractivity contribution in [1.29, 1.82) is 0 Å². The average molecular weight is 234 g/mol. The fourth-order valence-corrected chi connectivity index (χ4v) is 2.28. The maximum absolute atomic E-state index is 5.66. The molecular weight excluding hydrogens is 212 g/mol. The molecule has 1 aliphatic rings. The average Bonchev–Trinajstić information content (AvgIpc) is 2.34. The van der Waals surface area contributed by atoms with Gasteiger partial charge in [-0.25, -0.2) is 0 Å². The van der Waals surface area contributed by atoms with E-state index in [4.69, 9.17) is 10.5 Å². The number of rotatable bonds is 3. The zero-order chi connectivity index (χ0) is 12.3. The van der Waals surface area contributed by atoms with Crippen LogP contribution in [0.15, 0.2) is 18.2 Å². The SMILES string of the molecule is Cc1ccc(C)c(CN2CCOC(CN)C2)c1. The predicted molar refractivity (Wildman–Crippen MR) is 70.0 cm³/mol. The van der Waals surface area contributed by atoms with Gasteiger partial charge in [-0.15, -0.1) is 0 Å². The standard InChI is InChI=1S/C14H22N2O/c1-11-3-4-12(2)13(7-11)9-16-5-6-17-14(8-15)10-16/h3-4,7,14H,5-6,8-10,15H2,1-2H3. The lowest BCUT2D eigenvalue weighted by Gasteiger charge is -2.32. The van der Waals surface area contributed by atoms with Gasteiger partial charge in [-0.3, -0.25) is 4.90 Å². The zero-order valence-corrected chi connectivity index (χ0v) is 10.8. The summed E-state index contributed by atoms with van der Waals surface area (Å²) in [7, 11) is 0. The molecule has 0 aromatic heterocycles. The van der Waals surface area contributed by atoms with E-state index in [-0.39, 0.29) is 6.10 Å². The molecule has 1 aromatic rings. The molecule has 2 rings (SSSR count). The third-order valence-corrected chi connectivity index (χ3v) is 3.38. The van der Waals surface area contributed by atoms with Gasteiger partial charge in [0.05, 0.1) is 12.7 Å². The van der Waals surface area contributed by atoms with Crippen LogP contribution >= 0.6 is 0 Å². The van der Waals surface area contributed by atoms with E-state index in [0.29, 0.717) is 6.54 Å². The van der Waals surface area contributed by atoms with Gasteiger partial charge < -0.3 is 10.5 Å². The molecule has 0 saturated carbocycles. The molecule has 3 heteroatoms. The number of morpholine rings is 1. The number of hydrogen-bond donors (Lipinski definition) is 1. The first-order chi connectivity index (χ1) is 8.19. The first-order valence-electron chi connectivity index (χ1n) is 6.29. The van der Waals surface area contributed by atoms with Crippen molar-refractivity contribution in [3.63, 3.8) is 0 Å². The Morgan fingerprint density at radius 3 is 3.00 bits per heavy atom. The van der Waals surface area contributed by atoms with Crippen LogP contribution < -0.4 is 5.73 Å². The van der Waals surface area contributed by atoms with Crippen LogP contribution in [0.1, 0.15) is 16.7 Å². The molecule has 0 amide bonds. The van der Waals surface area contributed by atoms with Gasteiger partial charge in [-0.2, -0.15) is 0 Å². The van der Waals surface area contributed by atoms with Gasteiger partial charge in [0.2, 0.25) is 0 Å². The Kier molecular flexibility index (Phi) is 4.15. The smallest absolute Gasteiger partial charge is 0.0824 e. The maximum Gasteiger partial charge on any atom is 0.0824 e. The maximum atomic E-state index is 5.66. The third-order valence-electron chi connectivity index (χ3n) is 3.38. The van der Waals surface area contributed by atoms with Crippen LogP contribution in [0.3, 0.4) is 0 Å². The van der Waals surface area contributed by atoms with Gasteiger partial charge in [0, 0.05) is 26.2 Å². The molecule has 0 spiro atoms. The van der Waals surface area contributed by atoms with Crippen LogP contribution in [0.4, 0.5) is 0 Å². The van der Waals surface area contributed by atoms with Crippen molar-refractivity contribution in [3.8, 4) is 0 Å². The van der Waals surface area contributed by atoms with Crippen molar-refractivity contribution in [2.45, 2.75) is 26.5 Å². The number of aryl methyl sites for hydroxylation is 2. The lowest BCUT2D eigenvalue weighted by atomic mass is 10.0. The Morgan fingerprint density at radius 1 is 1.41 bits per heavy atom. The van der Waals surface area contributed by atoms with Gasteiger partial charge in [-0.05, 0) is 25.0 Å². The molecule has 1 unspecified atom stereocenters. The van der Waals surface area contributed by atoms with E-state index in [2.05, 4.69) is 36.9 Å². The first kappa shape index (κ1) is 12.6. The van der Waals surface area contributed by atoms with Crippen molar-refractivity contribution in [2.24, 2.45) is 5.73 Å². The summed E-state index contributed by atoms with van der Waals surface area (Å²) in [5.74, 6) is 0. The summed E-state index contributed by atoms with van der Waals surface area (Å²) in [4.78, 5) is 2.43. The Morgan fingerprint density at radius 2 is 2.24 bits per heavy atom. The lowest BCUT2D eigenvalue weighted by molar-refractivity contribution is -0.0261. The van der Waals surface area contributed by atoms with E-state index in [9.17, 15) is 0 Å². The molecule has 1 heterocycles. The third kappa shape index (κ3) is 3.28. The summed E-state index contributed by atoms with van der Waals surface area (Å²) in [5, 5.41) is 0. The summed E-state index contributed by atoms with van der Waals surface area (Å²) in [6.45, 7) is 8.69. The van der Waals surface area contributed by atoms with E-state index < -0.39 is 0 Å². The predicted octanol–water partition coefficient (Wildman–Crippen LogP) is 1.46. The first-order valence-corrected chi connectivity index (χ1v) is 6.29. The Bertz CT molecular complexity index is 378. The van der Waals surface area contributed by atoms with Crippen LogP contribution in [0, 0.1) is 13.8 Å². The van der Waals surface area contributed by atoms with E-state index in [0.717, 1.165) is 26.2 Å². The molecule has 94 valence electrons. The van der Waals surface area contributed by atoms with Crippen molar-refractivity contribution < 1.29 is 4.74 Å². The van der Waals surface area contributed by atoms with Gasteiger partial charge in [0.1, 0.15) is 0 Å². The van der Waals surface area contributed by atoms with Crippen molar-refractivity contribution >= 4 is 0 Å². The number of ether oxygens (including phenoxy) is 1. The summed E-state index contributed by atoms with van der Waals surface area (Å²) < 4.78 is 5.58. The highest BCUT2D eigenvalue weighted by molar-refractivity contribution is 5.30. The summed E-state index contributed by atoms with van der Waals surface area (Å²) >= 11 is 0. The Labute approximate surface area is 104 Å². The second kappa shape index (κ2) is 5.63. The fourth-order valence-electron chi connectivity index (χ4n) is 2.28. The largest absolute Gasteiger partial charge is 0.374 e. The van der Waals surface area contributed by atoms with Crippen molar-refractivity contribution in [2.75, 3.05) is 26.2 Å². The summed E-state index contributed by atoms with van der Waals surface area (Å²) in [6, 6.07) is 6.65. The van der Waals surface area contributed by atoms with Gasteiger partial charge in [0.25, 0.3) is 0 Å². The molecule has 1 atom stereocenters. The minimum Gasteiger partial charge on any atom is -0.374 e. The molecule has 1 fully saturated rings. The van der Waals surface area contributed by atoms with E-state index in [1.54, 1.807) is 0 Å². The zero-order valence-electron chi connectivity index (χ0n) is 10.8. The molecule has 2 N–H and O–H groups in total. The molecule has 1 aliphatic heterocycles. The monoisotopic (exact) mass is 234 g/mol. The molecule has 1 aromatic carbocycles. The lowest BCUT2D eigenvalue weighted by Crippen LogP contribution is -2.45. The van der Waals surface area contributed by atoms with Crippen LogP contribution in [0.25, 0.3) is 0 Å². The number of nitrogens with two attached hydrogens (primary N) is 1. The second-order valence-electron chi connectivity index (χ2n) is 4.89. The summed E-state index contributed by atoms with van der Waals surface area (Å²) in [6.07, 6.45) is 0.203. The summed E-state index contributed by atoms with van der Waals surface area (Å²) in [5.41, 5.74) is 9.78. The van der Waals surface area contributed by atoms with Crippen molar-refractivity contribution in [3.05, 3.63) is 34.9 Å². The second-order valence-corrected chi connectivity index (χ2v) is 4.89. The Hall–Kier alpha value is -0.900. The van der Waals surface area contributed by atoms with Crippen LogP contribution in [-0.4, -0.2) is 37.2 Å². The van der Waals surface area contributed by atoms with Crippen LogP contribution in [0.5, 0.6) is 0 Å². The van der Waals surface area contributed by atoms with Crippen LogP contribution in [0.2, 0.25) is 0 Å². The van der Waals surface area contributed by atoms with E-state index in [1.165, 1.54) is 16.7 Å². The number of hydrogen-bond acceptors (Lipinski definition) is 3. The van der Waals surface area contributed by atoms with Gasteiger partial charge >= 0.3 is 0 Å². The van der Waals surface area contributed by atoms with E-state index in [1.807, 2.05) is 0 Å². The van der Waals surface area contributed by atoms with Crippen LogP contribution in [-0.2, 0) is 11.3 Å². The normalized spacial score (nSPS) is 21.7. The quantitative estimate of drug-likeness (QED) is 0.860. The highest BCUT2D eigenvalue weighted by Gasteiger charge is 2.19. The number of nitrogens with zero attached hydrogens (tertiary/aromatic N) is 1. The highest BCUT2D eigenvalue weighted by atomic mass is 16.5. The van der Waals surface area contributed by atoms with E-state index >= 15 is 0 Å². The minimum absolute atomic E-state index is 0.203. The number of benzene rings is 1. The topological polar surface area (TPSA) is 38.5 Å². The van der Waals surface area contributed by atoms with Crippen molar-refractivity contribution in [1.82, 2.24) is 4.90 Å². The highest BCUT2D eigenvalue weighted by Crippen LogP contribution is 2.15. The molecule has 0 bridgehead atoms. The molecule has 0 radical (unpaired) electrons. The molecular formula is C14H22N2O. The molecule has 3 nitrogen and oxygen atoms in total. The minimum atomic E-state index is 0.203. The Balaban J connectivity index is 2.02. The fraction of sp³-hybridized carbons (Fsp3) is 0.571. The molecule has 0 aliphatic carbocycles.